The van der Waals surface area contributed by atoms with Gasteiger partial charge >= 0.3 is 0 Å². The summed E-state index contributed by atoms with van der Waals surface area (Å²) in [5.74, 6) is -1.85. The van der Waals surface area contributed by atoms with Crippen LogP contribution in [-0.2, 0) is 10.5 Å². The fraction of sp³-hybridized carbons (Fsp3) is 0.0588. The zero-order valence-corrected chi connectivity index (χ0v) is 13.0. The fourth-order valence-corrected chi connectivity index (χ4v) is 3.64. The summed E-state index contributed by atoms with van der Waals surface area (Å²) in [4.78, 5) is 33.4. The number of nitrogens with one attached hydrogen (secondary N) is 1. The maximum absolute atomic E-state index is 15.6. The molecule has 1 aliphatic rings. The summed E-state index contributed by atoms with van der Waals surface area (Å²) in [5.41, 5.74) is -1.70. The summed E-state index contributed by atoms with van der Waals surface area (Å²) in [7, 11) is 0. The molecule has 1 unspecified atom stereocenters. The molecule has 0 aliphatic carbocycles. The van der Waals surface area contributed by atoms with Crippen LogP contribution in [0.2, 0.25) is 0 Å². The second kappa shape index (κ2) is 5.31. The number of aromatic nitrogens is 2. The Hall–Kier alpha value is -2.93. The topological polar surface area (TPSA) is 72.0 Å². The maximum atomic E-state index is 15.6. The third kappa shape index (κ3) is 1.98. The Morgan fingerprint density at radius 3 is 2.62 bits per heavy atom. The van der Waals surface area contributed by atoms with E-state index in [0.717, 1.165) is 11.3 Å². The van der Waals surface area contributed by atoms with Gasteiger partial charge in [0.25, 0.3) is 11.6 Å². The van der Waals surface area contributed by atoms with Crippen molar-refractivity contribution in [1.82, 2.24) is 9.97 Å². The highest BCUT2D eigenvalue weighted by molar-refractivity contribution is 7.15. The van der Waals surface area contributed by atoms with Crippen LogP contribution in [0.15, 0.2) is 54.3 Å². The average molecular weight is 339 g/mol. The van der Waals surface area contributed by atoms with Crippen molar-refractivity contribution in [3.8, 4) is 11.3 Å². The van der Waals surface area contributed by atoms with E-state index in [1.807, 2.05) is 0 Å². The molecular weight excluding hydrogens is 329 g/mol. The molecule has 1 aromatic carbocycles. The molecule has 5 nitrogen and oxygen atoms in total. The highest BCUT2D eigenvalue weighted by Gasteiger charge is 2.53. The van der Waals surface area contributed by atoms with Crippen LogP contribution in [0.25, 0.3) is 11.3 Å². The molecule has 0 bridgehead atoms. The second-order valence-electron chi connectivity index (χ2n) is 5.25. The minimum Gasteiger partial charge on any atom is -0.314 e. The number of Topliss-reactive ketones (excluding diaryl/α,β-unsaturated/α-hetero) is 1. The molecular formula is C17H10FN3O2S. The molecule has 118 valence electrons. The molecule has 1 atom stereocenters. The van der Waals surface area contributed by atoms with Crippen molar-refractivity contribution in [3.63, 3.8) is 0 Å². The molecule has 0 saturated heterocycles. The zero-order valence-electron chi connectivity index (χ0n) is 12.2. The highest BCUT2D eigenvalue weighted by atomic mass is 32.1. The second-order valence-corrected chi connectivity index (χ2v) is 6.13. The minimum atomic E-state index is -2.76. The summed E-state index contributed by atoms with van der Waals surface area (Å²) in [5, 5.41) is 4.50. The van der Waals surface area contributed by atoms with E-state index in [1.165, 1.54) is 30.7 Å². The van der Waals surface area contributed by atoms with Crippen LogP contribution in [0.5, 0.6) is 0 Å². The number of hydrogen-bond acceptors (Lipinski definition) is 5. The summed E-state index contributed by atoms with van der Waals surface area (Å²) >= 11 is 1.16. The molecule has 0 spiro atoms. The lowest BCUT2D eigenvalue weighted by atomic mass is 9.83. The Labute approximate surface area is 140 Å². The number of alkyl halides is 1. The standard InChI is InChI=1S/C17H10FN3O2S/c18-17(10-4-2-1-3-5-10)14(22)13-11(12-8-19-6-7-20-12)9-24-15(13)21-16(17)23/h1-9H,(H,21,23). The van der Waals surface area contributed by atoms with E-state index in [9.17, 15) is 9.59 Å². The predicted octanol–water partition coefficient (Wildman–Crippen LogP) is 3.20. The monoisotopic (exact) mass is 339 g/mol. The zero-order chi connectivity index (χ0) is 16.7. The Bertz CT molecular complexity index is 943. The van der Waals surface area contributed by atoms with Crippen LogP contribution in [0.4, 0.5) is 9.39 Å². The predicted molar refractivity (Wildman–Crippen MR) is 87.5 cm³/mol. The first kappa shape index (κ1) is 14.6. The lowest BCUT2D eigenvalue weighted by Gasteiger charge is -2.28. The summed E-state index contributed by atoms with van der Waals surface area (Å²) in [6.45, 7) is 0. The van der Waals surface area contributed by atoms with E-state index in [2.05, 4.69) is 15.3 Å². The quantitative estimate of drug-likeness (QED) is 0.728. The Morgan fingerprint density at radius 2 is 1.92 bits per heavy atom. The van der Waals surface area contributed by atoms with E-state index >= 15 is 4.39 Å². The van der Waals surface area contributed by atoms with Gasteiger partial charge in [0, 0.05) is 28.9 Å². The number of halogens is 1. The molecule has 24 heavy (non-hydrogen) atoms. The number of hydrogen-bond donors (Lipinski definition) is 1. The van der Waals surface area contributed by atoms with Crippen molar-refractivity contribution in [1.29, 1.82) is 0 Å². The average Bonchev–Trinajstić information content (AvgIpc) is 3.05. The summed E-state index contributed by atoms with van der Waals surface area (Å²) in [6, 6.07) is 7.72. The smallest absolute Gasteiger partial charge is 0.275 e. The molecule has 4 rings (SSSR count). The Balaban J connectivity index is 1.90. The van der Waals surface area contributed by atoms with Gasteiger partial charge in [-0.05, 0) is 0 Å². The molecule has 2 aromatic heterocycles. The van der Waals surface area contributed by atoms with Gasteiger partial charge in [-0.25, -0.2) is 4.39 Å². The van der Waals surface area contributed by atoms with Crippen LogP contribution in [0, 0.1) is 0 Å². The molecule has 7 heteroatoms. The van der Waals surface area contributed by atoms with Gasteiger partial charge in [-0.1, -0.05) is 30.3 Å². The Kier molecular flexibility index (Phi) is 3.24. The number of anilines is 1. The van der Waals surface area contributed by atoms with Crippen LogP contribution >= 0.6 is 11.3 Å². The first-order valence-electron chi connectivity index (χ1n) is 7.11. The molecule has 3 heterocycles. The SMILES string of the molecule is O=C1Nc2scc(-c3cnccn3)c2C(=O)C1(F)c1ccccc1. The molecule has 0 fully saturated rings. The molecule has 1 N–H and O–H groups in total. The van der Waals surface area contributed by atoms with E-state index < -0.39 is 17.4 Å². The molecule has 1 aliphatic heterocycles. The van der Waals surface area contributed by atoms with Gasteiger partial charge < -0.3 is 5.32 Å². The van der Waals surface area contributed by atoms with Crippen molar-refractivity contribution in [2.24, 2.45) is 0 Å². The Morgan fingerprint density at radius 1 is 1.12 bits per heavy atom. The summed E-state index contributed by atoms with van der Waals surface area (Å²) < 4.78 is 15.6. The number of carbonyl (C=O) groups excluding carboxylic acids is 2. The van der Waals surface area contributed by atoms with Crippen LogP contribution in [-0.4, -0.2) is 21.7 Å². The van der Waals surface area contributed by atoms with Crippen molar-refractivity contribution in [3.05, 3.63) is 65.4 Å². The number of rotatable bonds is 2. The van der Waals surface area contributed by atoms with Crippen molar-refractivity contribution in [2.45, 2.75) is 5.67 Å². The van der Waals surface area contributed by atoms with Crippen molar-refractivity contribution < 1.29 is 14.0 Å². The van der Waals surface area contributed by atoms with E-state index in [4.69, 9.17) is 0 Å². The van der Waals surface area contributed by atoms with Crippen molar-refractivity contribution in [2.75, 3.05) is 5.32 Å². The number of amides is 1. The third-order valence-corrected chi connectivity index (χ3v) is 4.78. The van der Waals surface area contributed by atoms with Gasteiger partial charge in [0.15, 0.2) is 0 Å². The van der Waals surface area contributed by atoms with E-state index in [1.54, 1.807) is 23.6 Å². The summed E-state index contributed by atoms with van der Waals surface area (Å²) in [6.07, 6.45) is 4.50. The number of thiophene rings is 1. The normalized spacial score (nSPS) is 19.7. The van der Waals surface area contributed by atoms with Crippen LogP contribution in [0.1, 0.15) is 15.9 Å². The first-order chi connectivity index (χ1) is 11.6. The van der Waals surface area contributed by atoms with Gasteiger partial charge in [0.05, 0.1) is 17.5 Å². The van der Waals surface area contributed by atoms with E-state index in [0.29, 0.717) is 16.3 Å². The third-order valence-electron chi connectivity index (χ3n) is 3.88. The number of carbonyl (C=O) groups is 2. The number of nitrogens with zero attached hydrogens (tertiary/aromatic N) is 2. The minimum absolute atomic E-state index is 0.00875. The van der Waals surface area contributed by atoms with Crippen LogP contribution in [0.3, 0.4) is 0 Å². The van der Waals surface area contributed by atoms with Gasteiger partial charge in [-0.15, -0.1) is 11.3 Å². The maximum Gasteiger partial charge on any atom is 0.275 e. The van der Waals surface area contributed by atoms with Gasteiger partial charge in [-0.2, -0.15) is 0 Å². The number of benzene rings is 1. The fourth-order valence-electron chi connectivity index (χ4n) is 2.70. The number of fused-ring (bicyclic) bond motifs is 1. The van der Waals surface area contributed by atoms with E-state index in [-0.39, 0.29) is 11.1 Å². The first-order valence-corrected chi connectivity index (χ1v) is 7.99. The lowest BCUT2D eigenvalue weighted by Crippen LogP contribution is -2.47. The van der Waals surface area contributed by atoms with Gasteiger partial charge in [0.2, 0.25) is 5.78 Å². The number of ketones is 1. The molecule has 1 amide bonds. The van der Waals surface area contributed by atoms with Gasteiger partial charge in [-0.3, -0.25) is 19.6 Å². The van der Waals surface area contributed by atoms with Crippen molar-refractivity contribution >= 4 is 28.0 Å². The molecule has 3 aromatic rings. The molecule has 0 radical (unpaired) electrons. The van der Waals surface area contributed by atoms with Crippen LogP contribution < -0.4 is 5.32 Å². The highest BCUT2D eigenvalue weighted by Crippen LogP contribution is 2.44. The largest absolute Gasteiger partial charge is 0.314 e. The lowest BCUT2D eigenvalue weighted by molar-refractivity contribution is -0.125. The molecule has 0 saturated carbocycles. The van der Waals surface area contributed by atoms with Gasteiger partial charge in [0.1, 0.15) is 5.00 Å².